The van der Waals surface area contributed by atoms with E-state index in [0.29, 0.717) is 18.7 Å². The van der Waals surface area contributed by atoms with Gasteiger partial charge in [-0.3, -0.25) is 9.59 Å². The molecule has 7 nitrogen and oxygen atoms in total. The molecule has 2 heterocycles. The normalized spacial score (nSPS) is 17.7. The summed E-state index contributed by atoms with van der Waals surface area (Å²) in [5, 5.41) is 13.7. The number of ether oxygens (including phenoxy) is 1. The summed E-state index contributed by atoms with van der Waals surface area (Å²) < 4.78 is 7.21. The lowest BCUT2D eigenvalue weighted by atomic mass is 9.89. The van der Waals surface area contributed by atoms with E-state index in [1.165, 1.54) is 0 Å². The SMILES string of the molecule is CC(C)(C)c1nn(-c2ccccc2)cc1C(=O)N1CCO[C@H](CC(=O)O)C1. The van der Waals surface area contributed by atoms with E-state index in [1.54, 1.807) is 15.8 Å². The smallest absolute Gasteiger partial charge is 0.306 e. The lowest BCUT2D eigenvalue weighted by molar-refractivity contribution is -0.141. The molecule has 0 radical (unpaired) electrons. The molecule has 1 aliphatic rings. The quantitative estimate of drug-likeness (QED) is 0.893. The number of carboxylic acid groups (broad SMARTS) is 1. The number of aromatic nitrogens is 2. The summed E-state index contributed by atoms with van der Waals surface area (Å²) in [7, 11) is 0. The van der Waals surface area contributed by atoms with Gasteiger partial charge < -0.3 is 14.7 Å². The Morgan fingerprint density at radius 1 is 1.26 bits per heavy atom. The molecule has 1 saturated heterocycles. The van der Waals surface area contributed by atoms with Gasteiger partial charge in [-0.15, -0.1) is 0 Å². The Morgan fingerprint density at radius 2 is 1.96 bits per heavy atom. The second-order valence-electron chi connectivity index (χ2n) is 7.76. The minimum absolute atomic E-state index is 0.112. The number of benzene rings is 1. The Kier molecular flexibility index (Phi) is 5.32. The number of hydrogen-bond donors (Lipinski definition) is 1. The molecule has 0 unspecified atom stereocenters. The molecule has 1 aromatic heterocycles. The number of hydrogen-bond acceptors (Lipinski definition) is 4. The molecule has 1 aromatic carbocycles. The molecule has 144 valence electrons. The van der Waals surface area contributed by atoms with Crippen molar-refractivity contribution in [2.24, 2.45) is 0 Å². The molecule has 1 fully saturated rings. The number of carboxylic acids is 1. The predicted octanol–water partition coefficient (Wildman–Crippen LogP) is 2.49. The van der Waals surface area contributed by atoms with Gasteiger partial charge >= 0.3 is 5.97 Å². The van der Waals surface area contributed by atoms with Crippen molar-refractivity contribution in [3.63, 3.8) is 0 Å². The van der Waals surface area contributed by atoms with Crippen LogP contribution >= 0.6 is 0 Å². The third-order valence-corrected chi connectivity index (χ3v) is 4.50. The lowest BCUT2D eigenvalue weighted by Gasteiger charge is -2.32. The zero-order valence-electron chi connectivity index (χ0n) is 15.9. The van der Waals surface area contributed by atoms with Crippen LogP contribution in [0.5, 0.6) is 0 Å². The van der Waals surface area contributed by atoms with Crippen LogP contribution in [0.25, 0.3) is 5.69 Å². The van der Waals surface area contributed by atoms with E-state index >= 15 is 0 Å². The molecule has 0 spiro atoms. The fourth-order valence-corrected chi connectivity index (χ4v) is 3.19. The van der Waals surface area contributed by atoms with Crippen molar-refractivity contribution in [3.8, 4) is 5.69 Å². The van der Waals surface area contributed by atoms with Crippen molar-refractivity contribution < 1.29 is 19.4 Å². The van der Waals surface area contributed by atoms with Crippen molar-refractivity contribution in [2.45, 2.75) is 38.7 Å². The molecule has 0 aliphatic carbocycles. The van der Waals surface area contributed by atoms with Crippen molar-refractivity contribution in [1.82, 2.24) is 14.7 Å². The first-order valence-electron chi connectivity index (χ1n) is 9.04. The first kappa shape index (κ1) is 19.1. The Balaban J connectivity index is 1.91. The summed E-state index contributed by atoms with van der Waals surface area (Å²) in [5.74, 6) is -1.07. The van der Waals surface area contributed by atoms with Gasteiger partial charge in [-0.1, -0.05) is 39.0 Å². The van der Waals surface area contributed by atoms with Crippen LogP contribution < -0.4 is 0 Å². The average Bonchev–Trinajstić information content (AvgIpc) is 3.07. The first-order chi connectivity index (χ1) is 12.8. The summed E-state index contributed by atoms with van der Waals surface area (Å²) in [6.45, 7) is 7.11. The molecule has 1 atom stereocenters. The molecule has 1 N–H and O–H groups in total. The van der Waals surface area contributed by atoms with Gasteiger partial charge in [-0.25, -0.2) is 4.68 Å². The maximum atomic E-state index is 13.2. The summed E-state index contributed by atoms with van der Waals surface area (Å²) in [5.41, 5.74) is 1.84. The highest BCUT2D eigenvalue weighted by Gasteiger charge is 2.32. The summed E-state index contributed by atoms with van der Waals surface area (Å²) in [6.07, 6.45) is 1.17. The van der Waals surface area contributed by atoms with Crippen LogP contribution in [0.3, 0.4) is 0 Å². The minimum atomic E-state index is -0.929. The fourth-order valence-electron chi connectivity index (χ4n) is 3.19. The third kappa shape index (κ3) is 4.36. The first-order valence-corrected chi connectivity index (χ1v) is 9.04. The van der Waals surface area contributed by atoms with Crippen LogP contribution in [0.15, 0.2) is 36.5 Å². The zero-order valence-corrected chi connectivity index (χ0v) is 15.9. The van der Waals surface area contributed by atoms with Crippen molar-refractivity contribution in [1.29, 1.82) is 0 Å². The fraction of sp³-hybridized carbons (Fsp3) is 0.450. The van der Waals surface area contributed by atoms with Gasteiger partial charge in [0.25, 0.3) is 5.91 Å². The topological polar surface area (TPSA) is 84.7 Å². The van der Waals surface area contributed by atoms with Crippen LogP contribution in [0.4, 0.5) is 0 Å². The number of morpholine rings is 1. The number of nitrogens with zero attached hydrogens (tertiary/aromatic N) is 3. The molecule has 7 heteroatoms. The van der Waals surface area contributed by atoms with Crippen LogP contribution in [0.1, 0.15) is 43.2 Å². The number of aliphatic carboxylic acids is 1. The van der Waals surface area contributed by atoms with Gasteiger partial charge in [0.05, 0.1) is 36.1 Å². The Morgan fingerprint density at radius 3 is 2.59 bits per heavy atom. The predicted molar refractivity (Wildman–Crippen MR) is 100 cm³/mol. The highest BCUT2D eigenvalue weighted by molar-refractivity contribution is 5.95. The molecule has 3 rings (SSSR count). The van der Waals surface area contributed by atoms with E-state index in [2.05, 4.69) is 5.10 Å². The number of para-hydroxylation sites is 1. The van der Waals surface area contributed by atoms with E-state index < -0.39 is 12.1 Å². The van der Waals surface area contributed by atoms with E-state index in [0.717, 1.165) is 11.4 Å². The number of carbonyl (C=O) groups is 2. The molecule has 0 saturated carbocycles. The average molecular weight is 371 g/mol. The van der Waals surface area contributed by atoms with Crippen molar-refractivity contribution in [3.05, 3.63) is 47.8 Å². The van der Waals surface area contributed by atoms with E-state index in [9.17, 15) is 9.59 Å². The second kappa shape index (κ2) is 7.52. The highest BCUT2D eigenvalue weighted by Crippen LogP contribution is 2.27. The van der Waals surface area contributed by atoms with E-state index in [-0.39, 0.29) is 24.3 Å². The lowest BCUT2D eigenvalue weighted by Crippen LogP contribution is -2.46. The number of rotatable bonds is 4. The molecule has 1 amide bonds. The molecular formula is C20H25N3O4. The van der Waals surface area contributed by atoms with E-state index in [1.807, 2.05) is 51.1 Å². The van der Waals surface area contributed by atoms with Gasteiger partial charge in [0.15, 0.2) is 0 Å². The molecule has 1 aliphatic heterocycles. The third-order valence-electron chi connectivity index (χ3n) is 4.50. The molecule has 27 heavy (non-hydrogen) atoms. The Bertz CT molecular complexity index is 823. The van der Waals surface area contributed by atoms with Gasteiger partial charge in [0.1, 0.15) is 0 Å². The van der Waals surface area contributed by atoms with Crippen LogP contribution in [0.2, 0.25) is 0 Å². The van der Waals surface area contributed by atoms with Crippen molar-refractivity contribution in [2.75, 3.05) is 19.7 Å². The number of carbonyl (C=O) groups excluding carboxylic acids is 1. The van der Waals surface area contributed by atoms with Gasteiger partial charge in [0, 0.05) is 24.7 Å². The molecular weight excluding hydrogens is 346 g/mol. The Hall–Kier alpha value is -2.67. The summed E-state index contributed by atoms with van der Waals surface area (Å²) in [4.78, 5) is 25.8. The maximum Gasteiger partial charge on any atom is 0.306 e. The van der Waals surface area contributed by atoms with Gasteiger partial charge in [0.2, 0.25) is 0 Å². The molecule has 0 bridgehead atoms. The van der Waals surface area contributed by atoms with Crippen LogP contribution in [-0.4, -0.2) is 57.5 Å². The van der Waals surface area contributed by atoms with Crippen LogP contribution in [0, 0.1) is 0 Å². The van der Waals surface area contributed by atoms with Gasteiger partial charge in [-0.2, -0.15) is 5.10 Å². The highest BCUT2D eigenvalue weighted by atomic mass is 16.5. The maximum absolute atomic E-state index is 13.2. The largest absolute Gasteiger partial charge is 0.481 e. The van der Waals surface area contributed by atoms with Crippen LogP contribution in [-0.2, 0) is 14.9 Å². The molecule has 2 aromatic rings. The summed E-state index contributed by atoms with van der Waals surface area (Å²) >= 11 is 0. The van der Waals surface area contributed by atoms with Crippen molar-refractivity contribution >= 4 is 11.9 Å². The number of amides is 1. The van der Waals surface area contributed by atoms with Gasteiger partial charge in [-0.05, 0) is 12.1 Å². The Labute approximate surface area is 158 Å². The monoisotopic (exact) mass is 371 g/mol. The zero-order chi connectivity index (χ0) is 19.6. The second-order valence-corrected chi connectivity index (χ2v) is 7.76. The summed E-state index contributed by atoms with van der Waals surface area (Å²) in [6, 6.07) is 9.65. The standard InChI is InChI=1S/C20H25N3O4/c1-20(2,3)18-16(13-23(21-18)14-7-5-4-6-8-14)19(26)22-9-10-27-15(12-22)11-17(24)25/h4-8,13,15H,9-12H2,1-3H3,(H,24,25)/t15-/m1/s1. The van der Waals surface area contributed by atoms with E-state index in [4.69, 9.17) is 9.84 Å². The minimum Gasteiger partial charge on any atom is -0.481 e.